The Balaban J connectivity index is 1.36. The third-order valence-electron chi connectivity index (χ3n) is 6.75. The number of aryl methyl sites for hydroxylation is 2. The summed E-state index contributed by atoms with van der Waals surface area (Å²) in [5.74, 6) is 1.82. The number of aromatic amines is 1. The number of amides is 2. The summed E-state index contributed by atoms with van der Waals surface area (Å²) in [6.07, 6.45) is 4.36. The van der Waals surface area contributed by atoms with Crippen molar-refractivity contribution in [2.45, 2.75) is 52.0 Å². The van der Waals surface area contributed by atoms with Gasteiger partial charge in [-0.15, -0.1) is 0 Å². The fourth-order valence-corrected chi connectivity index (χ4v) is 4.79. The number of nitrogens with one attached hydrogen (secondary N) is 1. The van der Waals surface area contributed by atoms with E-state index in [-0.39, 0.29) is 17.7 Å². The minimum absolute atomic E-state index is 0.0156. The summed E-state index contributed by atoms with van der Waals surface area (Å²) >= 11 is 0. The van der Waals surface area contributed by atoms with Crippen molar-refractivity contribution in [3.8, 4) is 0 Å². The number of carbonyl (C=O) groups excluding carboxylic acids is 2. The molecule has 5 rings (SSSR count). The maximum atomic E-state index is 12.8. The minimum atomic E-state index is 0.0156. The average molecular weight is 445 g/mol. The first-order valence-corrected chi connectivity index (χ1v) is 11.5. The highest BCUT2D eigenvalue weighted by molar-refractivity contribution is 5.95. The Kier molecular flexibility index (Phi) is 5.66. The van der Waals surface area contributed by atoms with Gasteiger partial charge in [-0.2, -0.15) is 5.10 Å². The van der Waals surface area contributed by atoms with Crippen LogP contribution in [0.4, 0.5) is 5.82 Å². The van der Waals surface area contributed by atoms with Crippen molar-refractivity contribution in [2.75, 3.05) is 18.0 Å². The molecule has 0 unspecified atom stereocenters. The second-order valence-corrected chi connectivity index (χ2v) is 8.91. The summed E-state index contributed by atoms with van der Waals surface area (Å²) in [5.41, 5.74) is 4.52. The first kappa shape index (κ1) is 21.3. The molecule has 4 heterocycles. The van der Waals surface area contributed by atoms with E-state index in [4.69, 9.17) is 9.97 Å². The van der Waals surface area contributed by atoms with Crippen LogP contribution in [0, 0.1) is 13.8 Å². The number of anilines is 1. The molecule has 170 valence electrons. The molecule has 0 bridgehead atoms. The van der Waals surface area contributed by atoms with Crippen molar-refractivity contribution in [1.82, 2.24) is 25.1 Å². The fraction of sp³-hybridized carbons (Fsp3) is 0.400. The van der Waals surface area contributed by atoms with Crippen molar-refractivity contribution >= 4 is 17.6 Å². The molecule has 1 saturated heterocycles. The summed E-state index contributed by atoms with van der Waals surface area (Å²) in [6.45, 7) is 5.69. The molecule has 2 aliphatic heterocycles. The number of hydrogen-bond donors (Lipinski definition) is 1. The number of fused-ring (bicyclic) bond motifs is 1. The van der Waals surface area contributed by atoms with Crippen LogP contribution in [-0.4, -0.2) is 50.0 Å². The number of aromatic nitrogens is 4. The van der Waals surface area contributed by atoms with Gasteiger partial charge in [-0.05, 0) is 38.7 Å². The van der Waals surface area contributed by atoms with E-state index in [1.807, 2.05) is 54.0 Å². The van der Waals surface area contributed by atoms with Crippen LogP contribution in [0.2, 0.25) is 0 Å². The predicted molar refractivity (Wildman–Crippen MR) is 124 cm³/mol. The predicted octanol–water partition coefficient (Wildman–Crippen LogP) is 3.32. The smallest absolute Gasteiger partial charge is 0.257 e. The zero-order chi connectivity index (χ0) is 22.9. The molecule has 1 fully saturated rings. The largest absolute Gasteiger partial charge is 0.338 e. The second-order valence-electron chi connectivity index (χ2n) is 8.91. The fourth-order valence-electron chi connectivity index (χ4n) is 4.79. The van der Waals surface area contributed by atoms with Crippen LogP contribution in [0.25, 0.3) is 0 Å². The van der Waals surface area contributed by atoms with Gasteiger partial charge in [0.15, 0.2) is 0 Å². The number of nitrogens with zero attached hydrogens (tertiary/aromatic N) is 5. The van der Waals surface area contributed by atoms with Gasteiger partial charge in [-0.25, -0.2) is 9.97 Å². The molecule has 1 aromatic carbocycles. The number of carbonyl (C=O) groups is 2. The molecular formula is C25H28N6O2. The van der Waals surface area contributed by atoms with E-state index >= 15 is 0 Å². The Labute approximate surface area is 193 Å². The lowest BCUT2D eigenvalue weighted by atomic mass is 9.94. The van der Waals surface area contributed by atoms with Crippen LogP contribution in [0.3, 0.4) is 0 Å². The highest BCUT2D eigenvalue weighted by Gasteiger charge is 2.32. The highest BCUT2D eigenvalue weighted by Crippen LogP contribution is 2.33. The molecule has 2 amide bonds. The van der Waals surface area contributed by atoms with Crippen molar-refractivity contribution in [3.05, 3.63) is 70.4 Å². The monoisotopic (exact) mass is 444 g/mol. The van der Waals surface area contributed by atoms with Crippen molar-refractivity contribution in [3.63, 3.8) is 0 Å². The van der Waals surface area contributed by atoms with E-state index in [1.54, 1.807) is 6.20 Å². The standard InChI is InChI=1S/C25H28N6O2/c1-16-20-8-9-22(32)31(15-18-6-4-3-5-7-18)24(20)28-23(27-16)19-10-12-30(13-11-19)25(33)21-14-26-29-17(21)2/h3-7,14,19H,8-13,15H2,1-2H3,(H,26,29). The molecule has 3 aromatic rings. The molecule has 0 saturated carbocycles. The first-order valence-electron chi connectivity index (χ1n) is 11.5. The summed E-state index contributed by atoms with van der Waals surface area (Å²) in [6, 6.07) is 10.0. The first-order chi connectivity index (χ1) is 16.0. The van der Waals surface area contributed by atoms with Crippen LogP contribution in [-0.2, 0) is 17.8 Å². The quantitative estimate of drug-likeness (QED) is 0.666. The van der Waals surface area contributed by atoms with Gasteiger partial charge in [0.25, 0.3) is 5.91 Å². The number of H-pyrrole nitrogens is 1. The Morgan fingerprint density at radius 1 is 1.09 bits per heavy atom. The van der Waals surface area contributed by atoms with Crippen LogP contribution >= 0.6 is 0 Å². The van der Waals surface area contributed by atoms with E-state index in [0.717, 1.165) is 47.0 Å². The van der Waals surface area contributed by atoms with Crippen molar-refractivity contribution < 1.29 is 9.59 Å². The lowest BCUT2D eigenvalue weighted by Crippen LogP contribution is -2.39. The molecule has 2 aromatic heterocycles. The Morgan fingerprint density at radius 3 is 2.55 bits per heavy atom. The number of hydrogen-bond acceptors (Lipinski definition) is 5. The Hall–Kier alpha value is -3.55. The van der Waals surface area contributed by atoms with E-state index in [2.05, 4.69) is 10.2 Å². The van der Waals surface area contributed by atoms with E-state index < -0.39 is 0 Å². The molecule has 0 atom stereocenters. The summed E-state index contributed by atoms with van der Waals surface area (Å²) in [5, 5.41) is 6.80. The number of benzene rings is 1. The molecule has 0 aliphatic carbocycles. The van der Waals surface area contributed by atoms with Crippen LogP contribution in [0.5, 0.6) is 0 Å². The van der Waals surface area contributed by atoms with Crippen LogP contribution in [0.15, 0.2) is 36.5 Å². The molecule has 8 heteroatoms. The van der Waals surface area contributed by atoms with E-state index in [1.165, 1.54) is 0 Å². The summed E-state index contributed by atoms with van der Waals surface area (Å²) in [4.78, 5) is 39.1. The summed E-state index contributed by atoms with van der Waals surface area (Å²) in [7, 11) is 0. The lowest BCUT2D eigenvalue weighted by molar-refractivity contribution is -0.119. The van der Waals surface area contributed by atoms with Crippen LogP contribution < -0.4 is 4.90 Å². The normalized spacial score (nSPS) is 16.7. The van der Waals surface area contributed by atoms with Gasteiger partial charge >= 0.3 is 0 Å². The molecule has 8 nitrogen and oxygen atoms in total. The Morgan fingerprint density at radius 2 is 1.85 bits per heavy atom. The lowest BCUT2D eigenvalue weighted by Gasteiger charge is -2.33. The van der Waals surface area contributed by atoms with Gasteiger partial charge in [0.1, 0.15) is 11.6 Å². The van der Waals surface area contributed by atoms with Crippen molar-refractivity contribution in [2.24, 2.45) is 0 Å². The maximum absolute atomic E-state index is 12.8. The van der Waals surface area contributed by atoms with E-state index in [9.17, 15) is 9.59 Å². The van der Waals surface area contributed by atoms with Gasteiger partial charge in [0, 0.05) is 42.4 Å². The Bertz CT molecular complexity index is 1180. The van der Waals surface area contributed by atoms with Gasteiger partial charge < -0.3 is 4.90 Å². The average Bonchev–Trinajstić information content (AvgIpc) is 3.27. The molecule has 2 aliphatic rings. The topological polar surface area (TPSA) is 95.1 Å². The van der Waals surface area contributed by atoms with Gasteiger partial charge in [0.05, 0.1) is 18.3 Å². The molecule has 0 radical (unpaired) electrons. The van der Waals surface area contributed by atoms with Gasteiger partial charge in [-0.1, -0.05) is 30.3 Å². The molecule has 0 spiro atoms. The SMILES string of the molecule is Cc1nc(C2CCN(C(=O)c3cn[nH]c3C)CC2)nc2c1CCC(=O)N2Cc1ccccc1. The number of rotatable bonds is 4. The molecule has 33 heavy (non-hydrogen) atoms. The van der Waals surface area contributed by atoms with Gasteiger partial charge in [-0.3, -0.25) is 19.6 Å². The zero-order valence-electron chi connectivity index (χ0n) is 19.0. The third-order valence-corrected chi connectivity index (χ3v) is 6.75. The van der Waals surface area contributed by atoms with Crippen LogP contribution in [0.1, 0.15) is 63.9 Å². The number of piperidine rings is 1. The summed E-state index contributed by atoms with van der Waals surface area (Å²) < 4.78 is 0. The van der Waals surface area contributed by atoms with Crippen molar-refractivity contribution in [1.29, 1.82) is 0 Å². The highest BCUT2D eigenvalue weighted by atomic mass is 16.2. The third kappa shape index (κ3) is 4.13. The second kappa shape index (κ2) is 8.77. The maximum Gasteiger partial charge on any atom is 0.257 e. The zero-order valence-corrected chi connectivity index (χ0v) is 19.0. The minimum Gasteiger partial charge on any atom is -0.338 e. The molecular weight excluding hydrogens is 416 g/mol. The molecule has 1 N–H and O–H groups in total. The van der Waals surface area contributed by atoms with Gasteiger partial charge in [0.2, 0.25) is 5.91 Å². The van der Waals surface area contributed by atoms with E-state index in [0.29, 0.717) is 38.0 Å². The number of likely N-dealkylation sites (tertiary alicyclic amines) is 1.